The average molecular weight is 469 g/mol. The Morgan fingerprint density at radius 3 is 2.88 bits per heavy atom. The van der Waals surface area contributed by atoms with Crippen LogP contribution in [0, 0.1) is 0 Å². The van der Waals surface area contributed by atoms with Crippen LogP contribution in [-0.4, -0.2) is 58.2 Å². The zero-order valence-electron chi connectivity index (χ0n) is 18.3. The van der Waals surface area contributed by atoms with Gasteiger partial charge in [-0.05, 0) is 17.9 Å². The van der Waals surface area contributed by atoms with Crippen molar-refractivity contribution in [3.63, 3.8) is 0 Å². The number of thioether (sulfide) groups is 1. The predicted molar refractivity (Wildman–Crippen MR) is 127 cm³/mol. The topological polar surface area (TPSA) is 124 Å². The first-order valence-electron chi connectivity index (χ1n) is 10.5. The molecular weight excluding hydrogens is 444 g/mol. The smallest absolute Gasteiger partial charge is 0.287 e. The van der Waals surface area contributed by atoms with E-state index in [9.17, 15) is 9.59 Å². The molecule has 0 spiro atoms. The number of para-hydroxylation sites is 1. The van der Waals surface area contributed by atoms with Crippen LogP contribution in [0.2, 0.25) is 0 Å². The molecule has 3 heterocycles. The monoisotopic (exact) mass is 468 g/mol. The van der Waals surface area contributed by atoms with Gasteiger partial charge in [0.25, 0.3) is 5.91 Å². The van der Waals surface area contributed by atoms with E-state index in [4.69, 9.17) is 9.15 Å². The molecule has 0 saturated heterocycles. The third-order valence-electron chi connectivity index (χ3n) is 4.82. The number of hydrogen-bond donors (Lipinski definition) is 2. The van der Waals surface area contributed by atoms with Crippen LogP contribution in [0.1, 0.15) is 17.5 Å². The van der Waals surface area contributed by atoms with Crippen LogP contribution in [0.5, 0.6) is 0 Å². The van der Waals surface area contributed by atoms with Crippen molar-refractivity contribution in [3.8, 4) is 0 Å². The zero-order chi connectivity index (χ0) is 23.2. The van der Waals surface area contributed by atoms with Crippen LogP contribution in [0.25, 0.3) is 22.0 Å². The SMILES string of the molecule is CCSc1nc(NCCOC)c2cnn(CCNC(=O)c3cc(=O)c4ccccc4o3)c2n1. The van der Waals surface area contributed by atoms with E-state index in [1.165, 1.54) is 17.8 Å². The van der Waals surface area contributed by atoms with Gasteiger partial charge in [0.2, 0.25) is 0 Å². The second-order valence-electron chi connectivity index (χ2n) is 7.04. The van der Waals surface area contributed by atoms with E-state index in [2.05, 4.69) is 25.7 Å². The van der Waals surface area contributed by atoms with Gasteiger partial charge in [-0.1, -0.05) is 30.8 Å². The Labute approximate surface area is 193 Å². The van der Waals surface area contributed by atoms with Crippen molar-refractivity contribution >= 4 is 45.5 Å². The Morgan fingerprint density at radius 2 is 2.06 bits per heavy atom. The van der Waals surface area contributed by atoms with Crippen LogP contribution >= 0.6 is 11.8 Å². The molecule has 0 saturated carbocycles. The lowest BCUT2D eigenvalue weighted by Gasteiger charge is -2.09. The summed E-state index contributed by atoms with van der Waals surface area (Å²) >= 11 is 1.54. The maximum Gasteiger partial charge on any atom is 0.287 e. The van der Waals surface area contributed by atoms with Crippen LogP contribution < -0.4 is 16.1 Å². The minimum absolute atomic E-state index is 0.0300. The minimum Gasteiger partial charge on any atom is -0.451 e. The summed E-state index contributed by atoms with van der Waals surface area (Å²) in [7, 11) is 1.64. The summed E-state index contributed by atoms with van der Waals surface area (Å²) in [6, 6.07) is 8.03. The van der Waals surface area contributed by atoms with Gasteiger partial charge < -0.3 is 19.8 Å². The second-order valence-corrected chi connectivity index (χ2v) is 8.27. The van der Waals surface area contributed by atoms with Crippen molar-refractivity contribution in [1.29, 1.82) is 0 Å². The van der Waals surface area contributed by atoms with Gasteiger partial charge in [0.05, 0.1) is 30.1 Å². The van der Waals surface area contributed by atoms with Gasteiger partial charge >= 0.3 is 0 Å². The summed E-state index contributed by atoms with van der Waals surface area (Å²) < 4.78 is 12.4. The van der Waals surface area contributed by atoms with Gasteiger partial charge in [0, 0.05) is 26.3 Å². The molecular formula is C22H24N6O4S. The van der Waals surface area contributed by atoms with Crippen molar-refractivity contribution in [3.05, 3.63) is 52.5 Å². The zero-order valence-corrected chi connectivity index (χ0v) is 19.1. The highest BCUT2D eigenvalue weighted by molar-refractivity contribution is 7.99. The second kappa shape index (κ2) is 10.5. The summed E-state index contributed by atoms with van der Waals surface area (Å²) in [6.07, 6.45) is 1.70. The molecule has 10 nitrogen and oxygen atoms in total. The number of ether oxygens (including phenoxy) is 1. The molecule has 2 N–H and O–H groups in total. The lowest BCUT2D eigenvalue weighted by Crippen LogP contribution is -2.28. The third-order valence-corrected chi connectivity index (χ3v) is 5.54. The van der Waals surface area contributed by atoms with Gasteiger partial charge in [-0.2, -0.15) is 5.10 Å². The first-order chi connectivity index (χ1) is 16.1. The van der Waals surface area contributed by atoms with Crippen molar-refractivity contribution in [1.82, 2.24) is 25.1 Å². The number of nitrogens with zero attached hydrogens (tertiary/aromatic N) is 4. The fraction of sp³-hybridized carbons (Fsp3) is 0.318. The van der Waals surface area contributed by atoms with E-state index in [1.807, 2.05) is 6.92 Å². The molecule has 1 aromatic carbocycles. The molecule has 0 fully saturated rings. The largest absolute Gasteiger partial charge is 0.451 e. The van der Waals surface area contributed by atoms with Crippen LogP contribution in [-0.2, 0) is 11.3 Å². The van der Waals surface area contributed by atoms with Crippen molar-refractivity contribution in [2.24, 2.45) is 0 Å². The average Bonchev–Trinajstić information content (AvgIpc) is 3.22. The number of rotatable bonds is 10. The lowest BCUT2D eigenvalue weighted by atomic mass is 10.2. The highest BCUT2D eigenvalue weighted by atomic mass is 32.2. The fourth-order valence-corrected chi connectivity index (χ4v) is 3.84. The number of benzene rings is 1. The molecule has 0 aliphatic carbocycles. The molecule has 0 aliphatic heterocycles. The standard InChI is InChI=1S/C22H24N6O4S/c1-3-33-22-26-19(23-9-11-31-2)15-13-25-28(20(15)27-22)10-8-24-21(30)18-12-16(29)14-6-4-5-7-17(14)32-18/h4-7,12-13H,3,8-11H2,1-2H3,(H,24,30)(H,23,26,27). The number of carbonyl (C=O) groups is 1. The summed E-state index contributed by atoms with van der Waals surface area (Å²) in [5.41, 5.74) is 0.790. The Morgan fingerprint density at radius 1 is 1.21 bits per heavy atom. The number of amides is 1. The maximum atomic E-state index is 12.5. The lowest BCUT2D eigenvalue weighted by molar-refractivity contribution is 0.0925. The van der Waals surface area contributed by atoms with Crippen molar-refractivity contribution in [2.75, 3.05) is 37.9 Å². The Hall–Kier alpha value is -3.44. The van der Waals surface area contributed by atoms with E-state index in [-0.39, 0.29) is 17.7 Å². The molecule has 33 heavy (non-hydrogen) atoms. The number of hydrogen-bond acceptors (Lipinski definition) is 9. The number of anilines is 1. The van der Waals surface area contributed by atoms with Crippen LogP contribution in [0.3, 0.4) is 0 Å². The number of fused-ring (bicyclic) bond motifs is 2. The highest BCUT2D eigenvalue weighted by Gasteiger charge is 2.15. The normalized spacial score (nSPS) is 11.2. The van der Waals surface area contributed by atoms with Crippen LogP contribution in [0.4, 0.5) is 5.82 Å². The number of aromatic nitrogens is 4. The predicted octanol–water partition coefficient (Wildman–Crippen LogP) is 2.53. The van der Waals surface area contributed by atoms with E-state index in [0.717, 1.165) is 11.1 Å². The maximum absolute atomic E-state index is 12.5. The number of methoxy groups -OCH3 is 1. The minimum atomic E-state index is -0.465. The van der Waals surface area contributed by atoms with E-state index in [1.54, 1.807) is 42.3 Å². The molecule has 0 unspecified atom stereocenters. The van der Waals surface area contributed by atoms with Gasteiger partial charge in [-0.3, -0.25) is 9.59 Å². The molecule has 0 aliphatic rings. The van der Waals surface area contributed by atoms with Gasteiger partial charge in [0.15, 0.2) is 22.0 Å². The summed E-state index contributed by atoms with van der Waals surface area (Å²) in [6.45, 7) is 3.86. The summed E-state index contributed by atoms with van der Waals surface area (Å²) in [5, 5.41) is 12.3. The molecule has 172 valence electrons. The fourth-order valence-electron chi connectivity index (χ4n) is 3.28. The molecule has 1 amide bonds. The summed E-state index contributed by atoms with van der Waals surface area (Å²) in [5.74, 6) is 1.04. The molecule has 11 heteroatoms. The molecule has 0 bridgehead atoms. The number of carbonyl (C=O) groups excluding carboxylic acids is 1. The molecule has 4 aromatic rings. The van der Waals surface area contributed by atoms with Crippen molar-refractivity contribution in [2.45, 2.75) is 18.6 Å². The van der Waals surface area contributed by atoms with E-state index < -0.39 is 5.91 Å². The Kier molecular flexibility index (Phi) is 7.20. The first kappa shape index (κ1) is 22.7. The Bertz CT molecular complexity index is 1340. The summed E-state index contributed by atoms with van der Waals surface area (Å²) in [4.78, 5) is 34.0. The molecule has 4 rings (SSSR count). The molecule has 0 radical (unpaired) electrons. The highest BCUT2D eigenvalue weighted by Crippen LogP contribution is 2.24. The van der Waals surface area contributed by atoms with E-state index >= 15 is 0 Å². The Balaban J connectivity index is 1.49. The molecule has 0 atom stereocenters. The van der Waals surface area contributed by atoms with E-state index in [0.29, 0.717) is 47.3 Å². The van der Waals surface area contributed by atoms with Crippen LogP contribution in [0.15, 0.2) is 50.9 Å². The first-order valence-corrected chi connectivity index (χ1v) is 11.5. The quantitative estimate of drug-likeness (QED) is 0.205. The third kappa shape index (κ3) is 5.15. The van der Waals surface area contributed by atoms with Gasteiger partial charge in [-0.15, -0.1) is 0 Å². The molecule has 3 aromatic heterocycles. The van der Waals surface area contributed by atoms with Gasteiger partial charge in [-0.25, -0.2) is 14.6 Å². The van der Waals surface area contributed by atoms with Crippen molar-refractivity contribution < 1.29 is 13.9 Å². The van der Waals surface area contributed by atoms with Gasteiger partial charge in [0.1, 0.15) is 11.4 Å². The number of nitrogens with one attached hydrogen (secondary N) is 2.